The number of carbonyl (C=O) groups is 1. The number of H-pyrrole nitrogens is 1. The molecule has 0 aliphatic carbocycles. The fraction of sp³-hybridized carbons (Fsp3) is 0.333. The summed E-state index contributed by atoms with van der Waals surface area (Å²) in [6.07, 6.45) is 7.18. The van der Waals surface area contributed by atoms with E-state index in [0.29, 0.717) is 29.9 Å². The molecule has 120 valence electrons. The summed E-state index contributed by atoms with van der Waals surface area (Å²) < 4.78 is 14.0. The van der Waals surface area contributed by atoms with Crippen molar-refractivity contribution in [3.8, 4) is 11.3 Å². The number of aromatic amines is 1. The molecule has 3 rings (SSSR count). The third kappa shape index (κ3) is 3.04. The van der Waals surface area contributed by atoms with Crippen molar-refractivity contribution in [3.63, 3.8) is 0 Å². The van der Waals surface area contributed by atoms with Crippen molar-refractivity contribution in [1.29, 1.82) is 0 Å². The van der Waals surface area contributed by atoms with Gasteiger partial charge in [-0.3, -0.25) is 4.79 Å². The highest BCUT2D eigenvalue weighted by Gasteiger charge is 2.37. The van der Waals surface area contributed by atoms with E-state index >= 15 is 0 Å². The highest BCUT2D eigenvalue weighted by molar-refractivity contribution is 5.77. The molecule has 0 spiro atoms. The third-order valence-corrected chi connectivity index (χ3v) is 4.31. The Labute approximate surface area is 134 Å². The Hall–Kier alpha value is -2.43. The van der Waals surface area contributed by atoms with Crippen molar-refractivity contribution in [1.82, 2.24) is 15.3 Å². The van der Waals surface area contributed by atoms with Gasteiger partial charge in [-0.25, -0.2) is 9.37 Å². The lowest BCUT2D eigenvalue weighted by atomic mass is 9.89. The maximum absolute atomic E-state index is 14.0. The van der Waals surface area contributed by atoms with E-state index in [4.69, 9.17) is 0 Å². The lowest BCUT2D eigenvalue weighted by Gasteiger charge is -2.30. The number of hydrogen-bond donors (Lipinski definition) is 2. The van der Waals surface area contributed by atoms with E-state index < -0.39 is 5.54 Å². The van der Waals surface area contributed by atoms with Crippen molar-refractivity contribution < 1.29 is 9.18 Å². The van der Waals surface area contributed by atoms with Crippen LogP contribution in [0.15, 0.2) is 43.1 Å². The first-order valence-electron chi connectivity index (χ1n) is 7.87. The van der Waals surface area contributed by atoms with Crippen LogP contribution in [0.3, 0.4) is 0 Å². The zero-order valence-corrected chi connectivity index (χ0v) is 12.9. The summed E-state index contributed by atoms with van der Waals surface area (Å²) in [5, 5.41) is 3.09. The molecule has 1 amide bonds. The van der Waals surface area contributed by atoms with Gasteiger partial charge in [-0.15, -0.1) is 6.58 Å². The first kappa shape index (κ1) is 15.5. The van der Waals surface area contributed by atoms with Crippen molar-refractivity contribution in [2.45, 2.75) is 37.6 Å². The molecule has 1 aliphatic rings. The summed E-state index contributed by atoms with van der Waals surface area (Å²) >= 11 is 0. The van der Waals surface area contributed by atoms with Crippen LogP contribution >= 0.6 is 0 Å². The molecule has 2 heterocycles. The number of nitrogens with zero attached hydrogens (tertiary/aromatic N) is 1. The van der Waals surface area contributed by atoms with Crippen molar-refractivity contribution in [2.75, 3.05) is 0 Å². The Kier molecular flexibility index (Phi) is 4.28. The quantitative estimate of drug-likeness (QED) is 0.846. The zero-order valence-electron chi connectivity index (χ0n) is 12.9. The molecule has 1 aromatic heterocycles. The summed E-state index contributed by atoms with van der Waals surface area (Å²) in [5.74, 6) is 0.368. The SMILES string of the molecule is C=CC[C@@]1(c2nc(-c3ccccc3F)c[nH]2)CCCCC(=O)N1. The van der Waals surface area contributed by atoms with Gasteiger partial charge in [0.1, 0.15) is 17.2 Å². The molecule has 2 aromatic rings. The second-order valence-corrected chi connectivity index (χ2v) is 5.94. The molecule has 1 saturated heterocycles. The van der Waals surface area contributed by atoms with E-state index in [9.17, 15) is 9.18 Å². The summed E-state index contributed by atoms with van der Waals surface area (Å²) in [4.78, 5) is 19.7. The van der Waals surface area contributed by atoms with Crippen LogP contribution in [0.2, 0.25) is 0 Å². The second kappa shape index (κ2) is 6.36. The fourth-order valence-corrected chi connectivity index (χ4v) is 3.15. The highest BCUT2D eigenvalue weighted by Crippen LogP contribution is 2.33. The van der Waals surface area contributed by atoms with Gasteiger partial charge >= 0.3 is 0 Å². The second-order valence-electron chi connectivity index (χ2n) is 5.94. The van der Waals surface area contributed by atoms with E-state index in [1.165, 1.54) is 6.07 Å². The number of halogens is 1. The van der Waals surface area contributed by atoms with Gasteiger partial charge in [0.05, 0.1) is 5.69 Å². The zero-order chi connectivity index (χ0) is 16.3. The molecule has 1 aromatic carbocycles. The molecule has 0 bridgehead atoms. The minimum Gasteiger partial charge on any atom is -0.346 e. The average Bonchev–Trinajstić information content (AvgIpc) is 2.95. The minimum absolute atomic E-state index is 0.0215. The van der Waals surface area contributed by atoms with E-state index in [1.54, 1.807) is 30.5 Å². The maximum atomic E-state index is 14.0. The van der Waals surface area contributed by atoms with Crippen molar-refractivity contribution in [2.24, 2.45) is 0 Å². The van der Waals surface area contributed by atoms with Gasteiger partial charge in [-0.2, -0.15) is 0 Å². The molecule has 2 N–H and O–H groups in total. The monoisotopic (exact) mass is 313 g/mol. The Morgan fingerprint density at radius 1 is 1.35 bits per heavy atom. The number of rotatable bonds is 4. The molecule has 0 saturated carbocycles. The van der Waals surface area contributed by atoms with Crippen molar-refractivity contribution >= 4 is 5.91 Å². The fourth-order valence-electron chi connectivity index (χ4n) is 3.15. The molecule has 1 fully saturated rings. The molecule has 1 atom stereocenters. The molecule has 5 heteroatoms. The summed E-state index contributed by atoms with van der Waals surface area (Å²) in [7, 11) is 0. The van der Waals surface area contributed by atoms with Crippen LogP contribution < -0.4 is 5.32 Å². The predicted molar refractivity (Wildman–Crippen MR) is 87.1 cm³/mol. The van der Waals surface area contributed by atoms with E-state index in [2.05, 4.69) is 21.9 Å². The number of hydrogen-bond acceptors (Lipinski definition) is 2. The molecule has 4 nitrogen and oxygen atoms in total. The van der Waals surface area contributed by atoms with Crippen LogP contribution in [0.4, 0.5) is 4.39 Å². The molecular formula is C18H20FN3O. The van der Waals surface area contributed by atoms with Crippen molar-refractivity contribution in [3.05, 3.63) is 54.8 Å². The number of aromatic nitrogens is 2. The smallest absolute Gasteiger partial charge is 0.220 e. The van der Waals surface area contributed by atoms with Gasteiger partial charge < -0.3 is 10.3 Å². The molecular weight excluding hydrogens is 293 g/mol. The maximum Gasteiger partial charge on any atom is 0.220 e. The Bertz CT molecular complexity index is 725. The number of nitrogens with one attached hydrogen (secondary N) is 2. The lowest BCUT2D eigenvalue weighted by Crippen LogP contribution is -2.45. The van der Waals surface area contributed by atoms with E-state index in [0.717, 1.165) is 19.3 Å². The van der Waals surface area contributed by atoms with Gasteiger partial charge in [0.2, 0.25) is 5.91 Å². The summed E-state index contributed by atoms with van der Waals surface area (Å²) in [6, 6.07) is 6.54. The van der Waals surface area contributed by atoms with Crippen LogP contribution in [0.5, 0.6) is 0 Å². The first-order chi connectivity index (χ1) is 11.1. The Balaban J connectivity index is 2.00. The Morgan fingerprint density at radius 3 is 2.96 bits per heavy atom. The van der Waals surface area contributed by atoms with Crippen LogP contribution in [0.1, 0.15) is 37.9 Å². The number of benzene rings is 1. The largest absolute Gasteiger partial charge is 0.346 e. The average molecular weight is 313 g/mol. The van der Waals surface area contributed by atoms with Gasteiger partial charge in [0.25, 0.3) is 0 Å². The summed E-state index contributed by atoms with van der Waals surface area (Å²) in [5.41, 5.74) is 0.405. The summed E-state index contributed by atoms with van der Waals surface area (Å²) in [6.45, 7) is 3.81. The Morgan fingerprint density at radius 2 is 2.17 bits per heavy atom. The van der Waals surface area contributed by atoms with Gasteiger partial charge in [0, 0.05) is 18.2 Å². The lowest BCUT2D eigenvalue weighted by molar-refractivity contribution is -0.122. The molecule has 23 heavy (non-hydrogen) atoms. The van der Waals surface area contributed by atoms with Crippen LogP contribution in [0, 0.1) is 5.82 Å². The predicted octanol–water partition coefficient (Wildman–Crippen LogP) is 3.68. The third-order valence-electron chi connectivity index (χ3n) is 4.31. The molecule has 1 aliphatic heterocycles. The molecule has 0 unspecified atom stereocenters. The van der Waals surface area contributed by atoms with Crippen LogP contribution in [-0.2, 0) is 10.3 Å². The normalized spacial score (nSPS) is 21.5. The van der Waals surface area contributed by atoms with Gasteiger partial charge in [-0.05, 0) is 31.4 Å². The van der Waals surface area contributed by atoms with Crippen LogP contribution in [0.25, 0.3) is 11.3 Å². The standard InChI is InChI=1S/C18H20FN3O/c1-2-10-18(11-6-5-9-16(23)22-18)17-20-12-15(21-17)13-7-3-4-8-14(13)19/h2-4,7-8,12H,1,5-6,9-11H2,(H,20,21)(H,22,23)/t18-/m0/s1. The van der Waals surface area contributed by atoms with Crippen LogP contribution in [-0.4, -0.2) is 15.9 Å². The highest BCUT2D eigenvalue weighted by atomic mass is 19.1. The molecule has 0 radical (unpaired) electrons. The van der Waals surface area contributed by atoms with E-state index in [1.807, 2.05) is 0 Å². The number of imidazole rings is 1. The van der Waals surface area contributed by atoms with Gasteiger partial charge in [-0.1, -0.05) is 24.6 Å². The van der Waals surface area contributed by atoms with Gasteiger partial charge in [0.15, 0.2) is 0 Å². The number of amides is 1. The van der Waals surface area contributed by atoms with E-state index in [-0.39, 0.29) is 11.7 Å². The number of carbonyl (C=O) groups excluding carboxylic acids is 1. The minimum atomic E-state index is -0.584. The topological polar surface area (TPSA) is 57.8 Å². The first-order valence-corrected chi connectivity index (χ1v) is 7.87.